The zero-order valence-corrected chi connectivity index (χ0v) is 13.4. The van der Waals surface area contributed by atoms with Crippen LogP contribution in [0.25, 0.3) is 0 Å². The van der Waals surface area contributed by atoms with Gasteiger partial charge in [0.05, 0.1) is 11.0 Å². The van der Waals surface area contributed by atoms with Gasteiger partial charge in [-0.05, 0) is 70.0 Å². The molecule has 21 heavy (non-hydrogen) atoms. The first kappa shape index (κ1) is 16.3. The average molecular weight is 312 g/mol. The van der Waals surface area contributed by atoms with Crippen LogP contribution >= 0.6 is 0 Å². The highest BCUT2D eigenvalue weighted by molar-refractivity contribution is 7.89. The summed E-state index contributed by atoms with van der Waals surface area (Å²) in [5, 5.41) is 3.29. The van der Waals surface area contributed by atoms with Crippen molar-refractivity contribution in [2.45, 2.75) is 37.7 Å². The number of piperidine rings is 1. The maximum absolute atomic E-state index is 12.2. The van der Waals surface area contributed by atoms with Crippen LogP contribution in [0.3, 0.4) is 0 Å². The van der Waals surface area contributed by atoms with Gasteiger partial charge in [0.15, 0.2) is 0 Å². The normalized spacial score (nSPS) is 19.7. The molecule has 1 aliphatic rings. The summed E-state index contributed by atoms with van der Waals surface area (Å²) in [6.07, 6.45) is 2.24. The molecule has 1 aliphatic heterocycles. The highest BCUT2D eigenvalue weighted by Gasteiger charge is 2.18. The summed E-state index contributed by atoms with van der Waals surface area (Å²) in [4.78, 5) is 0.280. The zero-order valence-electron chi connectivity index (χ0n) is 12.6. The van der Waals surface area contributed by atoms with Gasteiger partial charge in [0, 0.05) is 6.54 Å². The fourth-order valence-electron chi connectivity index (χ4n) is 2.38. The zero-order chi connectivity index (χ0) is 15.3. The Bertz CT molecular complexity index is 535. The van der Waals surface area contributed by atoms with Crippen LogP contribution in [0.2, 0.25) is 0 Å². The van der Waals surface area contributed by atoms with Crippen molar-refractivity contribution < 1.29 is 13.2 Å². The van der Waals surface area contributed by atoms with Crippen LogP contribution in [-0.2, 0) is 10.0 Å². The van der Waals surface area contributed by atoms with Gasteiger partial charge in [-0.2, -0.15) is 0 Å². The highest BCUT2D eigenvalue weighted by atomic mass is 32.2. The Morgan fingerprint density at radius 2 is 2.05 bits per heavy atom. The quantitative estimate of drug-likeness (QED) is 0.840. The minimum Gasteiger partial charge on any atom is -0.491 e. The van der Waals surface area contributed by atoms with Gasteiger partial charge in [0.1, 0.15) is 5.75 Å². The smallest absolute Gasteiger partial charge is 0.240 e. The predicted octanol–water partition coefficient (Wildman–Crippen LogP) is 1.75. The lowest BCUT2D eigenvalue weighted by Gasteiger charge is -2.22. The van der Waals surface area contributed by atoms with Crippen molar-refractivity contribution in [3.63, 3.8) is 0 Å². The Labute approximate surface area is 127 Å². The standard InChI is InChI=1S/C15H24N2O3S/c1-12(2)20-14-5-7-15(8-6-14)21(18,19)17-11-13-4-3-9-16-10-13/h5-8,12-13,16-17H,3-4,9-11H2,1-2H3/t13-/m0/s1. The molecule has 0 radical (unpaired) electrons. The van der Waals surface area contributed by atoms with E-state index in [0.717, 1.165) is 25.9 Å². The molecule has 1 aromatic carbocycles. The molecule has 1 fully saturated rings. The molecule has 0 unspecified atom stereocenters. The van der Waals surface area contributed by atoms with Crippen LogP contribution in [0.4, 0.5) is 0 Å². The maximum Gasteiger partial charge on any atom is 0.240 e. The number of benzene rings is 1. The van der Waals surface area contributed by atoms with Crippen molar-refractivity contribution >= 4 is 10.0 Å². The molecule has 1 atom stereocenters. The van der Waals surface area contributed by atoms with E-state index in [9.17, 15) is 8.42 Å². The van der Waals surface area contributed by atoms with Gasteiger partial charge in [0.25, 0.3) is 0 Å². The first-order chi connectivity index (χ1) is 9.97. The van der Waals surface area contributed by atoms with Crippen LogP contribution in [0.5, 0.6) is 5.75 Å². The van der Waals surface area contributed by atoms with E-state index in [1.165, 1.54) is 0 Å². The SMILES string of the molecule is CC(C)Oc1ccc(S(=O)(=O)NC[C@H]2CCCNC2)cc1. The Morgan fingerprint density at radius 1 is 1.33 bits per heavy atom. The Hall–Kier alpha value is -1.11. The summed E-state index contributed by atoms with van der Waals surface area (Å²) in [7, 11) is -3.44. The third-order valence-electron chi connectivity index (χ3n) is 3.47. The lowest BCUT2D eigenvalue weighted by atomic mass is 10.0. The van der Waals surface area contributed by atoms with Crippen LogP contribution in [0, 0.1) is 5.92 Å². The second-order valence-corrected chi connectivity index (χ2v) is 7.47. The van der Waals surface area contributed by atoms with Crippen molar-refractivity contribution in [1.82, 2.24) is 10.0 Å². The summed E-state index contributed by atoms with van der Waals surface area (Å²) in [5.41, 5.74) is 0. The molecular weight excluding hydrogens is 288 g/mol. The van der Waals surface area contributed by atoms with Gasteiger partial charge >= 0.3 is 0 Å². The molecule has 0 aliphatic carbocycles. The maximum atomic E-state index is 12.2. The van der Waals surface area contributed by atoms with E-state index in [-0.39, 0.29) is 11.0 Å². The molecule has 2 rings (SSSR count). The van der Waals surface area contributed by atoms with Gasteiger partial charge in [-0.1, -0.05) is 0 Å². The van der Waals surface area contributed by atoms with Crippen molar-refractivity contribution in [3.8, 4) is 5.75 Å². The van der Waals surface area contributed by atoms with Gasteiger partial charge in [-0.3, -0.25) is 0 Å². The summed E-state index contributed by atoms with van der Waals surface area (Å²) in [6.45, 7) is 6.26. The first-order valence-corrected chi connectivity index (χ1v) is 8.93. The number of hydrogen-bond acceptors (Lipinski definition) is 4. The van der Waals surface area contributed by atoms with Gasteiger partial charge in [0.2, 0.25) is 10.0 Å². The number of sulfonamides is 1. The molecule has 2 N–H and O–H groups in total. The van der Waals surface area contributed by atoms with Gasteiger partial charge in [-0.15, -0.1) is 0 Å². The molecule has 0 bridgehead atoms. The third-order valence-corrected chi connectivity index (χ3v) is 4.91. The summed E-state index contributed by atoms with van der Waals surface area (Å²) in [5.74, 6) is 1.05. The topological polar surface area (TPSA) is 67.4 Å². The second-order valence-electron chi connectivity index (χ2n) is 5.70. The molecule has 6 heteroatoms. The van der Waals surface area contributed by atoms with E-state index >= 15 is 0 Å². The third kappa shape index (κ3) is 4.98. The largest absolute Gasteiger partial charge is 0.491 e. The number of rotatable bonds is 6. The average Bonchev–Trinajstić information content (AvgIpc) is 2.46. The van der Waals surface area contributed by atoms with Crippen molar-refractivity contribution in [2.24, 2.45) is 5.92 Å². The van der Waals surface area contributed by atoms with Crippen molar-refractivity contribution in [3.05, 3.63) is 24.3 Å². The molecule has 118 valence electrons. The Balaban J connectivity index is 1.95. The molecule has 1 saturated heterocycles. The predicted molar refractivity (Wildman–Crippen MR) is 83.0 cm³/mol. The summed E-state index contributed by atoms with van der Waals surface area (Å²) < 4.78 is 32.7. The van der Waals surface area contributed by atoms with Crippen LogP contribution < -0.4 is 14.8 Å². The van der Waals surface area contributed by atoms with Crippen LogP contribution in [0.1, 0.15) is 26.7 Å². The molecule has 0 spiro atoms. The molecule has 0 amide bonds. The highest BCUT2D eigenvalue weighted by Crippen LogP contribution is 2.17. The number of nitrogens with one attached hydrogen (secondary N) is 2. The van der Waals surface area contributed by atoms with Crippen molar-refractivity contribution in [2.75, 3.05) is 19.6 Å². The minimum atomic E-state index is -3.44. The minimum absolute atomic E-state index is 0.0735. The Kier molecular flexibility index (Phi) is 5.61. The van der Waals surface area contributed by atoms with E-state index in [1.807, 2.05) is 13.8 Å². The molecular formula is C15H24N2O3S. The van der Waals surface area contributed by atoms with E-state index in [0.29, 0.717) is 18.2 Å². The van der Waals surface area contributed by atoms with Crippen LogP contribution in [-0.4, -0.2) is 34.2 Å². The van der Waals surface area contributed by atoms with E-state index < -0.39 is 10.0 Å². The Morgan fingerprint density at radius 3 is 2.62 bits per heavy atom. The fourth-order valence-corrected chi connectivity index (χ4v) is 3.49. The number of hydrogen-bond donors (Lipinski definition) is 2. The van der Waals surface area contributed by atoms with Gasteiger partial charge in [-0.25, -0.2) is 13.1 Å². The molecule has 5 nitrogen and oxygen atoms in total. The monoisotopic (exact) mass is 312 g/mol. The lowest BCUT2D eigenvalue weighted by molar-refractivity contribution is 0.242. The molecule has 1 aromatic rings. The van der Waals surface area contributed by atoms with E-state index in [4.69, 9.17) is 4.74 Å². The summed E-state index contributed by atoms with van der Waals surface area (Å²) in [6, 6.07) is 6.55. The first-order valence-electron chi connectivity index (χ1n) is 7.44. The van der Waals surface area contributed by atoms with E-state index in [2.05, 4.69) is 10.0 Å². The summed E-state index contributed by atoms with van der Waals surface area (Å²) >= 11 is 0. The number of ether oxygens (including phenoxy) is 1. The second kappa shape index (κ2) is 7.24. The van der Waals surface area contributed by atoms with Gasteiger partial charge < -0.3 is 10.1 Å². The lowest BCUT2D eigenvalue weighted by Crippen LogP contribution is -2.38. The van der Waals surface area contributed by atoms with E-state index in [1.54, 1.807) is 24.3 Å². The molecule has 1 heterocycles. The van der Waals surface area contributed by atoms with Crippen LogP contribution in [0.15, 0.2) is 29.2 Å². The molecule has 0 saturated carbocycles. The molecule has 0 aromatic heterocycles. The van der Waals surface area contributed by atoms with Crippen molar-refractivity contribution in [1.29, 1.82) is 0 Å². The fraction of sp³-hybridized carbons (Fsp3) is 0.600.